The van der Waals surface area contributed by atoms with E-state index >= 15 is 0 Å². The largest absolute Gasteiger partial charge is 0.478 e. The quantitative estimate of drug-likeness (QED) is 0.608. The van der Waals surface area contributed by atoms with E-state index in [-0.39, 0.29) is 17.8 Å². The maximum atomic E-state index is 11.7. The fourth-order valence-corrected chi connectivity index (χ4v) is 1.59. The molecule has 0 spiro atoms. The van der Waals surface area contributed by atoms with E-state index in [1.165, 1.54) is 13.8 Å². The van der Waals surface area contributed by atoms with E-state index in [1.807, 2.05) is 0 Å². The lowest BCUT2D eigenvalue weighted by Crippen LogP contribution is -2.56. The lowest BCUT2D eigenvalue weighted by atomic mass is 9.77. The minimum absolute atomic E-state index is 0.0323. The van der Waals surface area contributed by atoms with Gasteiger partial charge in [-0.05, 0) is 33.1 Å². The topological polar surface area (TPSA) is 86.6 Å². The highest BCUT2D eigenvalue weighted by Gasteiger charge is 2.38. The van der Waals surface area contributed by atoms with Gasteiger partial charge < -0.3 is 15.5 Å². The van der Waals surface area contributed by atoms with Crippen molar-refractivity contribution in [3.05, 3.63) is 11.1 Å². The van der Waals surface area contributed by atoms with Crippen molar-refractivity contribution in [3.63, 3.8) is 0 Å². The SMILES string of the molecule is CC(C(=O)O)=C(C)C(=O)NC1(CO)CCC1. The zero-order chi connectivity index (χ0) is 12.3. The predicted molar refractivity (Wildman–Crippen MR) is 57.8 cm³/mol. The minimum Gasteiger partial charge on any atom is -0.478 e. The third-order valence-corrected chi connectivity index (χ3v) is 3.22. The third-order valence-electron chi connectivity index (χ3n) is 3.22. The predicted octanol–water partition coefficient (Wildman–Crippen LogP) is 0.439. The van der Waals surface area contributed by atoms with E-state index in [2.05, 4.69) is 5.32 Å². The number of carbonyl (C=O) groups excluding carboxylic acids is 1. The first-order valence-corrected chi connectivity index (χ1v) is 5.26. The Balaban J connectivity index is 2.72. The number of rotatable bonds is 4. The molecule has 0 aromatic heterocycles. The number of carboxylic acid groups (broad SMARTS) is 1. The molecule has 0 unspecified atom stereocenters. The molecule has 5 nitrogen and oxygen atoms in total. The average molecular weight is 227 g/mol. The number of aliphatic carboxylic acids is 1. The number of aliphatic hydroxyl groups is 1. The summed E-state index contributed by atoms with van der Waals surface area (Å²) in [5, 5.41) is 20.6. The molecular weight excluding hydrogens is 210 g/mol. The van der Waals surface area contributed by atoms with Crippen LogP contribution in [0.5, 0.6) is 0 Å². The summed E-state index contributed by atoms with van der Waals surface area (Å²) in [5.41, 5.74) is -0.311. The zero-order valence-electron chi connectivity index (χ0n) is 9.54. The van der Waals surface area contributed by atoms with Crippen LogP contribution < -0.4 is 5.32 Å². The van der Waals surface area contributed by atoms with Gasteiger partial charge in [0.25, 0.3) is 0 Å². The van der Waals surface area contributed by atoms with Gasteiger partial charge in [0.15, 0.2) is 0 Å². The molecule has 0 aliphatic heterocycles. The Morgan fingerprint density at radius 2 is 1.81 bits per heavy atom. The van der Waals surface area contributed by atoms with Crippen LogP contribution in [0.25, 0.3) is 0 Å². The Kier molecular flexibility index (Phi) is 3.70. The fraction of sp³-hybridized carbons (Fsp3) is 0.636. The van der Waals surface area contributed by atoms with E-state index in [9.17, 15) is 9.59 Å². The van der Waals surface area contributed by atoms with Crippen molar-refractivity contribution in [1.82, 2.24) is 5.32 Å². The van der Waals surface area contributed by atoms with Crippen molar-refractivity contribution in [2.75, 3.05) is 6.61 Å². The second-order valence-electron chi connectivity index (χ2n) is 4.30. The van der Waals surface area contributed by atoms with Crippen molar-refractivity contribution in [2.24, 2.45) is 0 Å². The van der Waals surface area contributed by atoms with Crippen molar-refractivity contribution in [3.8, 4) is 0 Å². The van der Waals surface area contributed by atoms with E-state index in [1.54, 1.807) is 0 Å². The fourth-order valence-electron chi connectivity index (χ4n) is 1.59. The molecular formula is C11H17NO4. The van der Waals surface area contributed by atoms with Gasteiger partial charge in [0.05, 0.1) is 12.1 Å². The van der Waals surface area contributed by atoms with Gasteiger partial charge in [-0.2, -0.15) is 0 Å². The van der Waals surface area contributed by atoms with Crippen LogP contribution in [0, 0.1) is 0 Å². The van der Waals surface area contributed by atoms with E-state index in [0.29, 0.717) is 0 Å². The molecule has 1 saturated carbocycles. The summed E-state index contributed by atoms with van der Waals surface area (Å²) in [4.78, 5) is 22.4. The summed E-state index contributed by atoms with van der Waals surface area (Å²) in [6, 6.07) is 0. The molecule has 0 radical (unpaired) electrons. The molecule has 1 aliphatic rings. The number of carboxylic acids is 1. The highest BCUT2D eigenvalue weighted by Crippen LogP contribution is 2.31. The number of hydrogen-bond acceptors (Lipinski definition) is 3. The Bertz CT molecular complexity index is 336. The number of nitrogens with one attached hydrogen (secondary N) is 1. The van der Waals surface area contributed by atoms with Crippen LogP contribution in [0.3, 0.4) is 0 Å². The van der Waals surface area contributed by atoms with E-state index in [0.717, 1.165) is 19.3 Å². The van der Waals surface area contributed by atoms with Crippen LogP contribution in [-0.2, 0) is 9.59 Å². The molecule has 0 aromatic carbocycles. The van der Waals surface area contributed by atoms with E-state index < -0.39 is 17.4 Å². The second-order valence-corrected chi connectivity index (χ2v) is 4.30. The second kappa shape index (κ2) is 4.65. The number of aliphatic hydroxyl groups excluding tert-OH is 1. The summed E-state index contributed by atoms with van der Waals surface area (Å²) in [6.45, 7) is 2.77. The zero-order valence-corrected chi connectivity index (χ0v) is 9.54. The highest BCUT2D eigenvalue weighted by atomic mass is 16.4. The van der Waals surface area contributed by atoms with Gasteiger partial charge in [-0.25, -0.2) is 4.79 Å². The Hall–Kier alpha value is -1.36. The van der Waals surface area contributed by atoms with Crippen LogP contribution in [0.1, 0.15) is 33.1 Å². The Labute approximate surface area is 94.2 Å². The maximum Gasteiger partial charge on any atom is 0.331 e. The molecule has 5 heteroatoms. The van der Waals surface area contributed by atoms with Crippen molar-refractivity contribution >= 4 is 11.9 Å². The summed E-state index contributed by atoms with van der Waals surface area (Å²) in [6.07, 6.45) is 2.46. The van der Waals surface area contributed by atoms with Crippen LogP contribution in [0.15, 0.2) is 11.1 Å². The normalized spacial score (nSPS) is 19.4. The monoisotopic (exact) mass is 227 g/mol. The first-order valence-electron chi connectivity index (χ1n) is 5.26. The molecule has 0 atom stereocenters. The number of hydrogen-bond donors (Lipinski definition) is 3. The molecule has 1 rings (SSSR count). The minimum atomic E-state index is -1.10. The standard InChI is InChI=1S/C11H17NO4/c1-7(8(2)10(15)16)9(14)12-11(6-13)4-3-5-11/h13H,3-6H2,1-2H3,(H,12,14)(H,15,16). The first kappa shape index (κ1) is 12.7. The molecule has 0 aromatic rings. The summed E-state index contributed by atoms with van der Waals surface area (Å²) in [5.74, 6) is -1.51. The molecule has 1 amide bonds. The molecule has 0 bridgehead atoms. The smallest absolute Gasteiger partial charge is 0.331 e. The van der Waals surface area contributed by atoms with Crippen LogP contribution in [-0.4, -0.2) is 34.2 Å². The first-order chi connectivity index (χ1) is 7.42. The number of carbonyl (C=O) groups is 2. The maximum absolute atomic E-state index is 11.7. The lowest BCUT2D eigenvalue weighted by molar-refractivity contribution is -0.133. The van der Waals surface area contributed by atoms with Crippen LogP contribution in [0.4, 0.5) is 0 Å². The van der Waals surface area contributed by atoms with Crippen molar-refractivity contribution < 1.29 is 19.8 Å². The molecule has 3 N–H and O–H groups in total. The Morgan fingerprint density at radius 3 is 2.12 bits per heavy atom. The van der Waals surface area contributed by atoms with Gasteiger partial charge in [-0.3, -0.25) is 4.79 Å². The third kappa shape index (κ3) is 2.41. The van der Waals surface area contributed by atoms with Crippen molar-refractivity contribution in [1.29, 1.82) is 0 Å². The summed E-state index contributed by atoms with van der Waals surface area (Å²) in [7, 11) is 0. The van der Waals surface area contributed by atoms with Crippen LogP contribution >= 0.6 is 0 Å². The molecule has 0 heterocycles. The average Bonchev–Trinajstić information content (AvgIpc) is 2.20. The van der Waals surface area contributed by atoms with Gasteiger partial charge in [0.1, 0.15) is 0 Å². The summed E-state index contributed by atoms with van der Waals surface area (Å²) >= 11 is 0. The van der Waals surface area contributed by atoms with Gasteiger partial charge in [0.2, 0.25) is 5.91 Å². The van der Waals surface area contributed by atoms with Gasteiger partial charge in [0, 0.05) is 11.1 Å². The van der Waals surface area contributed by atoms with Gasteiger partial charge in [-0.15, -0.1) is 0 Å². The van der Waals surface area contributed by atoms with Gasteiger partial charge >= 0.3 is 5.97 Å². The van der Waals surface area contributed by atoms with E-state index in [4.69, 9.17) is 10.2 Å². The highest BCUT2D eigenvalue weighted by molar-refractivity contribution is 6.01. The number of amides is 1. The summed E-state index contributed by atoms with van der Waals surface area (Å²) < 4.78 is 0. The molecule has 0 saturated heterocycles. The molecule has 1 fully saturated rings. The van der Waals surface area contributed by atoms with Gasteiger partial charge in [-0.1, -0.05) is 0 Å². The van der Waals surface area contributed by atoms with Crippen molar-refractivity contribution in [2.45, 2.75) is 38.6 Å². The van der Waals surface area contributed by atoms with Crippen LogP contribution in [0.2, 0.25) is 0 Å². The Morgan fingerprint density at radius 1 is 1.25 bits per heavy atom. The molecule has 16 heavy (non-hydrogen) atoms. The lowest BCUT2D eigenvalue weighted by Gasteiger charge is -2.41. The molecule has 1 aliphatic carbocycles. The molecule has 90 valence electrons.